The molecule has 96 valence electrons. The molecule has 0 amide bonds. The number of nitrogens with zero attached hydrogens (tertiary/aromatic N) is 6. The zero-order valence-electron chi connectivity index (χ0n) is 10.4. The number of hydrogen-bond donors (Lipinski definition) is 1. The zero-order chi connectivity index (χ0) is 13.2. The molecular weight excluding hydrogens is 242 g/mol. The maximum Gasteiger partial charge on any atom is 0.200 e. The van der Waals surface area contributed by atoms with Gasteiger partial charge in [-0.3, -0.25) is 0 Å². The van der Waals surface area contributed by atoms with Gasteiger partial charge in [0.25, 0.3) is 0 Å². The quantitative estimate of drug-likeness (QED) is 0.695. The lowest BCUT2D eigenvalue weighted by Gasteiger charge is -2.18. The third-order valence-corrected chi connectivity index (χ3v) is 2.91. The number of rotatable bonds is 3. The van der Waals surface area contributed by atoms with E-state index in [-0.39, 0.29) is 0 Å². The Kier molecular flexibility index (Phi) is 2.71. The van der Waals surface area contributed by atoms with Gasteiger partial charge in [0.15, 0.2) is 11.5 Å². The van der Waals surface area contributed by atoms with E-state index >= 15 is 0 Å². The molecular formula is C12H13N7. The van der Waals surface area contributed by atoms with Gasteiger partial charge in [0, 0.05) is 19.3 Å². The number of hydrogen-bond acceptors (Lipinski definition) is 6. The molecule has 3 rings (SSSR count). The standard InChI is InChI=1S/C12H13N7/c1-18(8-9-4-2-3-5-10(9)13)12-7-6-11-14-16-17-19(11)15-12/h2-7H,8,13H2,1H3. The molecule has 1 aromatic carbocycles. The summed E-state index contributed by atoms with van der Waals surface area (Å²) in [4.78, 5) is 1.99. The van der Waals surface area contributed by atoms with Crippen LogP contribution in [0.15, 0.2) is 36.4 Å². The van der Waals surface area contributed by atoms with Crippen LogP contribution in [0.1, 0.15) is 5.56 Å². The molecule has 7 nitrogen and oxygen atoms in total. The number of anilines is 2. The van der Waals surface area contributed by atoms with E-state index in [2.05, 4.69) is 20.6 Å². The second-order valence-corrected chi connectivity index (χ2v) is 4.27. The van der Waals surface area contributed by atoms with Crippen molar-refractivity contribution in [2.75, 3.05) is 17.7 Å². The molecule has 0 aliphatic rings. The first-order valence-corrected chi connectivity index (χ1v) is 5.84. The summed E-state index contributed by atoms with van der Waals surface area (Å²) in [6.45, 7) is 0.674. The number of fused-ring (bicyclic) bond motifs is 1. The summed E-state index contributed by atoms with van der Waals surface area (Å²) < 4.78 is 1.40. The Bertz CT molecular complexity index is 706. The molecule has 0 spiro atoms. The molecule has 0 bridgehead atoms. The number of nitrogens with two attached hydrogens (primary N) is 1. The molecule has 0 radical (unpaired) electrons. The molecule has 0 saturated heterocycles. The first-order valence-electron chi connectivity index (χ1n) is 5.84. The minimum absolute atomic E-state index is 0.622. The van der Waals surface area contributed by atoms with Crippen molar-refractivity contribution in [3.05, 3.63) is 42.0 Å². The monoisotopic (exact) mass is 255 g/mol. The summed E-state index contributed by atoms with van der Waals surface area (Å²) in [7, 11) is 1.95. The smallest absolute Gasteiger partial charge is 0.200 e. The Balaban J connectivity index is 1.87. The lowest BCUT2D eigenvalue weighted by molar-refractivity contribution is 0.720. The topological polar surface area (TPSA) is 85.2 Å². The molecule has 2 N–H and O–H groups in total. The molecule has 7 heteroatoms. The Morgan fingerprint density at radius 2 is 2.05 bits per heavy atom. The average Bonchev–Trinajstić information content (AvgIpc) is 2.88. The number of benzene rings is 1. The lowest BCUT2D eigenvalue weighted by atomic mass is 10.2. The Morgan fingerprint density at radius 3 is 2.89 bits per heavy atom. The fourth-order valence-electron chi connectivity index (χ4n) is 1.86. The summed E-state index contributed by atoms with van der Waals surface area (Å²) in [6, 6.07) is 11.5. The first kappa shape index (κ1) is 11.4. The number of aromatic nitrogens is 5. The van der Waals surface area contributed by atoms with E-state index in [1.165, 1.54) is 4.63 Å². The second kappa shape index (κ2) is 4.52. The molecule has 3 aromatic rings. The summed E-state index contributed by atoms with van der Waals surface area (Å²) in [5, 5.41) is 15.5. The van der Waals surface area contributed by atoms with Crippen molar-refractivity contribution in [3.63, 3.8) is 0 Å². The van der Waals surface area contributed by atoms with Crippen LogP contribution in [0.5, 0.6) is 0 Å². The van der Waals surface area contributed by atoms with Crippen molar-refractivity contribution in [1.29, 1.82) is 0 Å². The van der Waals surface area contributed by atoms with Crippen LogP contribution in [-0.4, -0.2) is 32.3 Å². The zero-order valence-corrected chi connectivity index (χ0v) is 10.4. The molecule has 0 saturated carbocycles. The maximum atomic E-state index is 5.94. The first-order chi connectivity index (χ1) is 9.24. The Hall–Kier alpha value is -2.70. The third-order valence-electron chi connectivity index (χ3n) is 2.91. The summed E-state index contributed by atoms with van der Waals surface area (Å²) in [6.07, 6.45) is 0. The third kappa shape index (κ3) is 2.17. The van der Waals surface area contributed by atoms with Crippen LogP contribution < -0.4 is 10.6 Å². The van der Waals surface area contributed by atoms with Crippen LogP contribution in [0.2, 0.25) is 0 Å². The largest absolute Gasteiger partial charge is 0.398 e. The minimum Gasteiger partial charge on any atom is -0.398 e. The molecule has 0 unspecified atom stereocenters. The highest BCUT2D eigenvalue weighted by Gasteiger charge is 2.07. The molecule has 19 heavy (non-hydrogen) atoms. The van der Waals surface area contributed by atoms with E-state index in [4.69, 9.17) is 5.73 Å². The van der Waals surface area contributed by atoms with Gasteiger partial charge < -0.3 is 10.6 Å². The minimum atomic E-state index is 0.622. The summed E-state index contributed by atoms with van der Waals surface area (Å²) >= 11 is 0. The Morgan fingerprint density at radius 1 is 1.21 bits per heavy atom. The fourth-order valence-corrected chi connectivity index (χ4v) is 1.86. The Labute approximate surface area is 109 Å². The highest BCUT2D eigenvalue weighted by molar-refractivity contribution is 5.50. The highest BCUT2D eigenvalue weighted by atomic mass is 15.6. The molecule has 0 aliphatic heterocycles. The highest BCUT2D eigenvalue weighted by Crippen LogP contribution is 2.16. The van der Waals surface area contributed by atoms with Gasteiger partial charge in [-0.15, -0.1) is 14.8 Å². The van der Waals surface area contributed by atoms with Gasteiger partial charge in [0.2, 0.25) is 0 Å². The van der Waals surface area contributed by atoms with Gasteiger partial charge in [-0.2, -0.15) is 0 Å². The van der Waals surface area contributed by atoms with E-state index in [0.29, 0.717) is 12.2 Å². The van der Waals surface area contributed by atoms with E-state index < -0.39 is 0 Å². The summed E-state index contributed by atoms with van der Waals surface area (Å²) in [5.74, 6) is 0.781. The van der Waals surface area contributed by atoms with Crippen LogP contribution in [0.25, 0.3) is 5.65 Å². The van der Waals surface area contributed by atoms with Crippen molar-refractivity contribution >= 4 is 17.2 Å². The van der Waals surface area contributed by atoms with E-state index in [1.807, 2.05) is 48.3 Å². The normalized spacial score (nSPS) is 10.8. The number of tetrazole rings is 1. The second-order valence-electron chi connectivity index (χ2n) is 4.27. The average molecular weight is 255 g/mol. The van der Waals surface area contributed by atoms with E-state index in [0.717, 1.165) is 17.1 Å². The molecule has 2 heterocycles. The van der Waals surface area contributed by atoms with Crippen molar-refractivity contribution in [3.8, 4) is 0 Å². The van der Waals surface area contributed by atoms with Crippen molar-refractivity contribution < 1.29 is 0 Å². The van der Waals surface area contributed by atoms with Crippen LogP contribution in [-0.2, 0) is 6.54 Å². The van der Waals surface area contributed by atoms with Crippen LogP contribution in [0.4, 0.5) is 11.5 Å². The van der Waals surface area contributed by atoms with Crippen molar-refractivity contribution in [1.82, 2.24) is 25.3 Å². The van der Waals surface area contributed by atoms with Crippen LogP contribution >= 0.6 is 0 Å². The molecule has 0 aliphatic carbocycles. The maximum absolute atomic E-state index is 5.94. The van der Waals surface area contributed by atoms with Gasteiger partial charge in [-0.25, -0.2) is 0 Å². The van der Waals surface area contributed by atoms with Crippen LogP contribution in [0.3, 0.4) is 0 Å². The molecule has 0 atom stereocenters. The van der Waals surface area contributed by atoms with Gasteiger partial charge in [0.1, 0.15) is 0 Å². The number of para-hydroxylation sites is 1. The van der Waals surface area contributed by atoms with E-state index in [9.17, 15) is 0 Å². The van der Waals surface area contributed by atoms with Crippen molar-refractivity contribution in [2.45, 2.75) is 6.54 Å². The summed E-state index contributed by atoms with van der Waals surface area (Å²) in [5.41, 5.74) is 8.39. The van der Waals surface area contributed by atoms with Gasteiger partial charge in [-0.05, 0) is 34.2 Å². The van der Waals surface area contributed by atoms with Crippen molar-refractivity contribution in [2.24, 2.45) is 0 Å². The lowest BCUT2D eigenvalue weighted by Crippen LogP contribution is -2.19. The van der Waals surface area contributed by atoms with Gasteiger partial charge in [0.05, 0.1) is 0 Å². The molecule has 0 fully saturated rings. The van der Waals surface area contributed by atoms with Crippen LogP contribution in [0, 0.1) is 0 Å². The fraction of sp³-hybridized carbons (Fsp3) is 0.167. The van der Waals surface area contributed by atoms with Gasteiger partial charge >= 0.3 is 0 Å². The SMILES string of the molecule is CN(Cc1ccccc1N)c1ccc2nnnn2n1. The predicted octanol–water partition coefficient (Wildman–Crippen LogP) is 0.738. The van der Waals surface area contributed by atoms with Gasteiger partial charge in [-0.1, -0.05) is 18.2 Å². The van der Waals surface area contributed by atoms with E-state index in [1.54, 1.807) is 0 Å². The predicted molar refractivity (Wildman–Crippen MR) is 71.5 cm³/mol. The molecule has 2 aromatic heterocycles. The number of nitrogen functional groups attached to an aromatic ring is 1.